The number of esters is 1. The Morgan fingerprint density at radius 3 is 2.43 bits per heavy atom. The molecule has 0 aliphatic rings. The Morgan fingerprint density at radius 2 is 1.78 bits per heavy atom. The van der Waals surface area contributed by atoms with Crippen LogP contribution in [0, 0.1) is 6.92 Å². The first-order valence-electron chi connectivity index (χ1n) is 6.91. The molecular weight excluding hydrogens is 316 g/mol. The van der Waals surface area contributed by atoms with Gasteiger partial charge in [-0.1, -0.05) is 17.7 Å². The van der Waals surface area contributed by atoms with E-state index in [9.17, 15) is 4.79 Å². The zero-order valence-electron chi connectivity index (χ0n) is 13.1. The van der Waals surface area contributed by atoms with E-state index in [-0.39, 0.29) is 0 Å². The van der Waals surface area contributed by atoms with Crippen molar-refractivity contribution in [2.24, 2.45) is 0 Å². The Kier molecular flexibility index (Phi) is 5.66. The van der Waals surface area contributed by atoms with Gasteiger partial charge in [-0.15, -0.1) is 0 Å². The van der Waals surface area contributed by atoms with Gasteiger partial charge in [0.05, 0.1) is 14.2 Å². The van der Waals surface area contributed by atoms with Crippen LogP contribution in [-0.4, -0.2) is 20.2 Å². The highest BCUT2D eigenvalue weighted by Gasteiger charge is 2.05. The summed E-state index contributed by atoms with van der Waals surface area (Å²) < 4.78 is 15.6. The van der Waals surface area contributed by atoms with E-state index < -0.39 is 5.97 Å². The maximum Gasteiger partial charge on any atom is 0.336 e. The molecule has 2 aromatic carbocycles. The summed E-state index contributed by atoms with van der Waals surface area (Å²) in [5.74, 6) is 1.20. The van der Waals surface area contributed by atoms with Crippen LogP contribution in [0.5, 0.6) is 17.2 Å². The summed E-state index contributed by atoms with van der Waals surface area (Å²) in [5.41, 5.74) is 1.65. The second kappa shape index (κ2) is 7.70. The van der Waals surface area contributed by atoms with Gasteiger partial charge in [0, 0.05) is 11.1 Å². The highest BCUT2D eigenvalue weighted by atomic mass is 35.5. The lowest BCUT2D eigenvalue weighted by molar-refractivity contribution is -0.128. The quantitative estimate of drug-likeness (QED) is 0.465. The molecule has 0 radical (unpaired) electrons. The second-order valence-electron chi connectivity index (χ2n) is 4.78. The minimum absolute atomic E-state index is 0.453. The van der Waals surface area contributed by atoms with Crippen molar-refractivity contribution >= 4 is 23.6 Å². The molecule has 120 valence electrons. The Hall–Kier alpha value is -2.46. The number of carbonyl (C=O) groups excluding carboxylic acids is 1. The number of hydrogen-bond donors (Lipinski definition) is 0. The zero-order valence-corrected chi connectivity index (χ0v) is 13.9. The number of rotatable bonds is 5. The van der Waals surface area contributed by atoms with Gasteiger partial charge >= 0.3 is 5.97 Å². The Labute approximate surface area is 140 Å². The van der Waals surface area contributed by atoms with Crippen LogP contribution >= 0.6 is 11.6 Å². The maximum atomic E-state index is 11.9. The van der Waals surface area contributed by atoms with E-state index >= 15 is 0 Å². The minimum atomic E-state index is -0.471. The Balaban J connectivity index is 2.07. The van der Waals surface area contributed by atoms with Crippen LogP contribution in [0.1, 0.15) is 11.1 Å². The molecule has 0 saturated carbocycles. The van der Waals surface area contributed by atoms with E-state index in [1.165, 1.54) is 6.08 Å². The van der Waals surface area contributed by atoms with Crippen molar-refractivity contribution in [3.8, 4) is 17.2 Å². The lowest BCUT2D eigenvalue weighted by Crippen LogP contribution is -2.03. The molecule has 0 amide bonds. The predicted molar refractivity (Wildman–Crippen MR) is 90.4 cm³/mol. The lowest BCUT2D eigenvalue weighted by atomic mass is 10.2. The van der Waals surface area contributed by atoms with Crippen LogP contribution in [-0.2, 0) is 4.79 Å². The minimum Gasteiger partial charge on any atom is -0.493 e. The monoisotopic (exact) mass is 332 g/mol. The van der Waals surface area contributed by atoms with Crippen molar-refractivity contribution in [3.63, 3.8) is 0 Å². The molecule has 0 heterocycles. The molecule has 0 aromatic heterocycles. The summed E-state index contributed by atoms with van der Waals surface area (Å²) in [7, 11) is 3.13. The third kappa shape index (κ3) is 4.50. The highest BCUT2D eigenvalue weighted by Crippen LogP contribution is 2.28. The van der Waals surface area contributed by atoms with Gasteiger partial charge in [-0.25, -0.2) is 4.79 Å². The first-order chi connectivity index (χ1) is 11.0. The van der Waals surface area contributed by atoms with E-state index in [1.54, 1.807) is 50.6 Å². The van der Waals surface area contributed by atoms with Crippen LogP contribution in [0.4, 0.5) is 0 Å². The van der Waals surface area contributed by atoms with Crippen LogP contribution in [0.25, 0.3) is 6.08 Å². The molecular formula is C18H17ClO4. The normalized spacial score (nSPS) is 10.6. The number of halogens is 1. The van der Waals surface area contributed by atoms with E-state index in [0.717, 1.165) is 11.1 Å². The summed E-state index contributed by atoms with van der Waals surface area (Å²) >= 11 is 5.94. The van der Waals surface area contributed by atoms with Crippen molar-refractivity contribution in [2.75, 3.05) is 14.2 Å². The molecule has 0 N–H and O–H groups in total. The topological polar surface area (TPSA) is 44.8 Å². The van der Waals surface area contributed by atoms with Gasteiger partial charge in [0.1, 0.15) is 5.75 Å². The zero-order chi connectivity index (χ0) is 16.8. The molecule has 0 saturated heterocycles. The molecule has 0 aliphatic heterocycles. The Bertz CT molecular complexity index is 738. The fraction of sp³-hybridized carbons (Fsp3) is 0.167. The lowest BCUT2D eigenvalue weighted by Gasteiger charge is -2.07. The fourth-order valence-electron chi connectivity index (χ4n) is 1.95. The van der Waals surface area contributed by atoms with Gasteiger partial charge in [0.15, 0.2) is 11.5 Å². The number of hydrogen-bond acceptors (Lipinski definition) is 4. The standard InChI is InChI=1S/C18H17ClO4/c1-12-10-14(6-7-15(12)19)23-18(20)9-5-13-4-8-16(21-2)17(11-13)22-3/h4-11H,1-3H3. The predicted octanol–water partition coefficient (Wildman–Crippen LogP) is 4.28. The van der Waals surface area contributed by atoms with Crippen molar-refractivity contribution in [3.05, 3.63) is 58.6 Å². The first-order valence-corrected chi connectivity index (χ1v) is 7.29. The SMILES string of the molecule is COc1ccc(C=CC(=O)Oc2ccc(Cl)c(C)c2)cc1OC. The summed E-state index contributed by atoms with van der Waals surface area (Å²) in [5, 5.41) is 0.630. The van der Waals surface area contributed by atoms with Gasteiger partial charge in [-0.05, 0) is 54.5 Å². The van der Waals surface area contributed by atoms with Gasteiger partial charge in [-0.2, -0.15) is 0 Å². The number of methoxy groups -OCH3 is 2. The second-order valence-corrected chi connectivity index (χ2v) is 5.19. The highest BCUT2D eigenvalue weighted by molar-refractivity contribution is 6.31. The van der Waals surface area contributed by atoms with E-state index in [4.69, 9.17) is 25.8 Å². The van der Waals surface area contributed by atoms with E-state index in [1.807, 2.05) is 13.0 Å². The van der Waals surface area contributed by atoms with Gasteiger partial charge < -0.3 is 14.2 Å². The molecule has 23 heavy (non-hydrogen) atoms. The third-order valence-electron chi connectivity index (χ3n) is 3.17. The largest absolute Gasteiger partial charge is 0.493 e. The van der Waals surface area contributed by atoms with E-state index in [2.05, 4.69) is 0 Å². The van der Waals surface area contributed by atoms with Crippen molar-refractivity contribution in [1.82, 2.24) is 0 Å². The average Bonchev–Trinajstić information content (AvgIpc) is 2.56. The van der Waals surface area contributed by atoms with Crippen LogP contribution in [0.15, 0.2) is 42.5 Å². The first kappa shape index (κ1) is 16.9. The summed E-state index contributed by atoms with van der Waals surface area (Å²) in [6.45, 7) is 1.85. The number of benzene rings is 2. The van der Waals surface area contributed by atoms with Crippen molar-refractivity contribution in [1.29, 1.82) is 0 Å². The molecule has 0 atom stereocenters. The van der Waals surface area contributed by atoms with E-state index in [0.29, 0.717) is 22.3 Å². The molecule has 0 fully saturated rings. The molecule has 0 spiro atoms. The molecule has 0 aliphatic carbocycles. The molecule has 0 unspecified atom stereocenters. The number of ether oxygens (including phenoxy) is 3. The molecule has 4 nitrogen and oxygen atoms in total. The molecule has 2 aromatic rings. The smallest absolute Gasteiger partial charge is 0.336 e. The van der Waals surface area contributed by atoms with Crippen LogP contribution in [0.3, 0.4) is 0 Å². The van der Waals surface area contributed by atoms with Crippen LogP contribution in [0.2, 0.25) is 5.02 Å². The van der Waals surface area contributed by atoms with Crippen LogP contribution < -0.4 is 14.2 Å². The van der Waals surface area contributed by atoms with Gasteiger partial charge in [-0.3, -0.25) is 0 Å². The average molecular weight is 333 g/mol. The summed E-state index contributed by atoms with van der Waals surface area (Å²) in [6.07, 6.45) is 3.00. The third-order valence-corrected chi connectivity index (χ3v) is 3.59. The number of carbonyl (C=O) groups is 1. The molecule has 2 rings (SSSR count). The van der Waals surface area contributed by atoms with Crippen molar-refractivity contribution in [2.45, 2.75) is 6.92 Å². The summed E-state index contributed by atoms with van der Waals surface area (Å²) in [6, 6.07) is 10.4. The Morgan fingerprint density at radius 1 is 1.04 bits per heavy atom. The summed E-state index contributed by atoms with van der Waals surface area (Å²) in [4.78, 5) is 11.9. The number of aryl methyl sites for hydroxylation is 1. The van der Waals surface area contributed by atoms with Crippen molar-refractivity contribution < 1.29 is 19.0 Å². The maximum absolute atomic E-state index is 11.9. The molecule has 5 heteroatoms. The van der Waals surface area contributed by atoms with Gasteiger partial charge in [0.25, 0.3) is 0 Å². The fourth-order valence-corrected chi connectivity index (χ4v) is 2.07. The van der Waals surface area contributed by atoms with Gasteiger partial charge in [0.2, 0.25) is 0 Å². The molecule has 0 bridgehead atoms.